The smallest absolute Gasteiger partial charge is 0.341 e. The van der Waals surface area contributed by atoms with Crippen LogP contribution in [0.25, 0.3) is 0 Å². The van der Waals surface area contributed by atoms with Gasteiger partial charge in [-0.05, 0) is 38.1 Å². The lowest BCUT2D eigenvalue weighted by Gasteiger charge is -2.14. The zero-order valence-corrected chi connectivity index (χ0v) is 11.2. The molecule has 92 valence electrons. The van der Waals surface area contributed by atoms with Gasteiger partial charge in [-0.15, -0.1) is 0 Å². The molecule has 0 saturated heterocycles. The van der Waals surface area contributed by atoms with Gasteiger partial charge < -0.3 is 9.84 Å². The lowest BCUT2D eigenvalue weighted by atomic mass is 10.0. The van der Waals surface area contributed by atoms with Gasteiger partial charge >= 0.3 is 5.97 Å². The van der Waals surface area contributed by atoms with Gasteiger partial charge in [0, 0.05) is 5.56 Å². The Morgan fingerprint density at radius 1 is 1.29 bits per heavy atom. The van der Waals surface area contributed by atoms with E-state index >= 15 is 0 Å². The van der Waals surface area contributed by atoms with E-state index in [0.29, 0.717) is 11.3 Å². The van der Waals surface area contributed by atoms with Crippen molar-refractivity contribution in [2.75, 3.05) is 6.61 Å². The SMILES string of the molecule is CC(C)(Br)C(=O)c1ccc(OCC(=O)O)cc1. The van der Waals surface area contributed by atoms with Crippen molar-refractivity contribution in [2.24, 2.45) is 0 Å². The molecule has 0 aliphatic rings. The molecule has 0 fully saturated rings. The Labute approximate surface area is 108 Å². The van der Waals surface area contributed by atoms with E-state index in [1.165, 1.54) is 0 Å². The van der Waals surface area contributed by atoms with Crippen molar-refractivity contribution in [3.63, 3.8) is 0 Å². The van der Waals surface area contributed by atoms with Crippen LogP contribution >= 0.6 is 15.9 Å². The first-order chi connectivity index (χ1) is 7.80. The molecule has 0 bridgehead atoms. The second kappa shape index (κ2) is 5.31. The van der Waals surface area contributed by atoms with E-state index in [1.54, 1.807) is 38.1 Å². The molecule has 0 heterocycles. The summed E-state index contributed by atoms with van der Waals surface area (Å²) in [5.74, 6) is -0.648. The van der Waals surface area contributed by atoms with Crippen molar-refractivity contribution in [1.29, 1.82) is 0 Å². The van der Waals surface area contributed by atoms with Crippen molar-refractivity contribution in [3.8, 4) is 5.75 Å². The summed E-state index contributed by atoms with van der Waals surface area (Å²) in [7, 11) is 0. The second-order valence-corrected chi connectivity index (χ2v) is 5.99. The highest BCUT2D eigenvalue weighted by Gasteiger charge is 2.24. The third-order valence-electron chi connectivity index (χ3n) is 2.02. The molecule has 5 heteroatoms. The van der Waals surface area contributed by atoms with Gasteiger partial charge in [0.2, 0.25) is 0 Å². The van der Waals surface area contributed by atoms with Gasteiger partial charge in [-0.25, -0.2) is 4.79 Å². The Kier molecular flexibility index (Phi) is 4.28. The number of carbonyl (C=O) groups excluding carboxylic acids is 1. The number of hydrogen-bond acceptors (Lipinski definition) is 3. The first kappa shape index (κ1) is 13.7. The second-order valence-electron chi connectivity index (χ2n) is 4.01. The van der Waals surface area contributed by atoms with E-state index in [4.69, 9.17) is 9.84 Å². The number of carboxylic acids is 1. The minimum atomic E-state index is -1.04. The van der Waals surface area contributed by atoms with Gasteiger partial charge in [0.15, 0.2) is 12.4 Å². The van der Waals surface area contributed by atoms with Crippen LogP contribution in [0.15, 0.2) is 24.3 Å². The Morgan fingerprint density at radius 3 is 2.24 bits per heavy atom. The number of benzene rings is 1. The summed E-state index contributed by atoms with van der Waals surface area (Å²) in [5, 5.41) is 8.44. The van der Waals surface area contributed by atoms with Crippen molar-refractivity contribution in [2.45, 2.75) is 18.2 Å². The summed E-state index contributed by atoms with van der Waals surface area (Å²) < 4.78 is 4.35. The molecule has 0 radical (unpaired) electrons. The lowest BCUT2D eigenvalue weighted by Crippen LogP contribution is -2.23. The Morgan fingerprint density at radius 2 is 1.82 bits per heavy atom. The number of aliphatic carboxylic acids is 1. The first-order valence-corrected chi connectivity index (χ1v) is 5.78. The predicted molar refractivity (Wildman–Crippen MR) is 66.9 cm³/mol. The van der Waals surface area contributed by atoms with Crippen LogP contribution in [-0.2, 0) is 4.79 Å². The molecule has 0 unspecified atom stereocenters. The number of carbonyl (C=O) groups is 2. The number of carboxylic acid groups (broad SMARTS) is 1. The number of alkyl halides is 1. The average molecular weight is 301 g/mol. The molecule has 0 spiro atoms. The van der Waals surface area contributed by atoms with Crippen molar-refractivity contribution in [1.82, 2.24) is 0 Å². The number of halogens is 1. The standard InChI is InChI=1S/C12H13BrO4/c1-12(2,13)11(16)8-3-5-9(6-4-8)17-7-10(14)15/h3-6H,7H2,1-2H3,(H,14,15). The molecular weight excluding hydrogens is 288 g/mol. The molecule has 1 aromatic carbocycles. The Balaban J connectivity index is 2.75. The van der Waals surface area contributed by atoms with Gasteiger partial charge in [0.05, 0.1) is 4.32 Å². The lowest BCUT2D eigenvalue weighted by molar-refractivity contribution is -0.139. The molecule has 17 heavy (non-hydrogen) atoms. The van der Waals surface area contributed by atoms with Crippen LogP contribution in [0.3, 0.4) is 0 Å². The number of ketones is 1. The molecule has 1 aromatic rings. The third kappa shape index (κ3) is 4.19. The molecule has 0 atom stereocenters. The average Bonchev–Trinajstić information content (AvgIpc) is 2.25. The normalized spacial score (nSPS) is 11.0. The fourth-order valence-corrected chi connectivity index (χ4v) is 1.42. The van der Waals surface area contributed by atoms with Gasteiger partial charge in [-0.1, -0.05) is 15.9 Å². The quantitative estimate of drug-likeness (QED) is 0.670. The maximum absolute atomic E-state index is 11.9. The highest BCUT2D eigenvalue weighted by Crippen LogP contribution is 2.23. The molecule has 0 saturated carbocycles. The summed E-state index contributed by atoms with van der Waals surface area (Å²) in [5.41, 5.74) is 0.551. The van der Waals surface area contributed by atoms with Gasteiger partial charge in [0.25, 0.3) is 0 Å². The van der Waals surface area contributed by atoms with Gasteiger partial charge in [0.1, 0.15) is 5.75 Å². The van der Waals surface area contributed by atoms with Crippen LogP contribution in [0.4, 0.5) is 0 Å². The van der Waals surface area contributed by atoms with E-state index in [1.807, 2.05) is 0 Å². The number of Topliss-reactive ketones (excluding diaryl/α,β-unsaturated/α-hetero) is 1. The molecule has 1 N–H and O–H groups in total. The van der Waals surface area contributed by atoms with Gasteiger partial charge in [-0.2, -0.15) is 0 Å². The van der Waals surface area contributed by atoms with E-state index in [-0.39, 0.29) is 5.78 Å². The minimum absolute atomic E-state index is 0.0396. The molecule has 0 amide bonds. The van der Waals surface area contributed by atoms with Crippen LogP contribution in [-0.4, -0.2) is 27.8 Å². The molecule has 0 aliphatic heterocycles. The highest BCUT2D eigenvalue weighted by molar-refractivity contribution is 9.10. The molecule has 4 nitrogen and oxygen atoms in total. The van der Waals surface area contributed by atoms with E-state index in [2.05, 4.69) is 15.9 Å². The van der Waals surface area contributed by atoms with Crippen molar-refractivity contribution in [3.05, 3.63) is 29.8 Å². The summed E-state index contributed by atoms with van der Waals surface area (Å²) in [6, 6.07) is 6.38. The van der Waals surface area contributed by atoms with E-state index in [0.717, 1.165) is 0 Å². The predicted octanol–water partition coefficient (Wildman–Crippen LogP) is 2.51. The maximum Gasteiger partial charge on any atom is 0.341 e. The number of hydrogen-bond donors (Lipinski definition) is 1. The maximum atomic E-state index is 11.9. The monoisotopic (exact) mass is 300 g/mol. The van der Waals surface area contributed by atoms with E-state index < -0.39 is 16.9 Å². The summed E-state index contributed by atoms with van der Waals surface area (Å²) in [4.78, 5) is 22.2. The minimum Gasteiger partial charge on any atom is -0.482 e. The summed E-state index contributed by atoms with van der Waals surface area (Å²) in [6.07, 6.45) is 0. The fraction of sp³-hybridized carbons (Fsp3) is 0.333. The zero-order valence-electron chi connectivity index (χ0n) is 9.57. The zero-order chi connectivity index (χ0) is 13.1. The third-order valence-corrected chi connectivity index (χ3v) is 2.38. The molecule has 1 rings (SSSR count). The largest absolute Gasteiger partial charge is 0.482 e. The first-order valence-electron chi connectivity index (χ1n) is 4.99. The Bertz CT molecular complexity index is 417. The number of rotatable bonds is 5. The molecule has 0 aliphatic carbocycles. The van der Waals surface area contributed by atoms with Gasteiger partial charge in [-0.3, -0.25) is 4.79 Å². The molecule has 0 aromatic heterocycles. The summed E-state index contributed by atoms with van der Waals surface area (Å²) in [6.45, 7) is 3.14. The van der Waals surface area contributed by atoms with Crippen LogP contribution in [0.1, 0.15) is 24.2 Å². The van der Waals surface area contributed by atoms with E-state index in [9.17, 15) is 9.59 Å². The topological polar surface area (TPSA) is 63.6 Å². The fourth-order valence-electron chi connectivity index (χ4n) is 1.19. The molecular formula is C12H13BrO4. The van der Waals surface area contributed by atoms with Crippen LogP contribution in [0, 0.1) is 0 Å². The highest BCUT2D eigenvalue weighted by atomic mass is 79.9. The number of ether oxygens (including phenoxy) is 1. The van der Waals surface area contributed by atoms with Crippen molar-refractivity contribution < 1.29 is 19.4 Å². The Hall–Kier alpha value is -1.36. The summed E-state index contributed by atoms with van der Waals surface area (Å²) >= 11 is 3.29. The van der Waals surface area contributed by atoms with Crippen molar-refractivity contribution >= 4 is 27.7 Å². The van der Waals surface area contributed by atoms with Crippen LogP contribution in [0.2, 0.25) is 0 Å². The van der Waals surface area contributed by atoms with Crippen LogP contribution < -0.4 is 4.74 Å². The van der Waals surface area contributed by atoms with Crippen LogP contribution in [0.5, 0.6) is 5.75 Å².